The number of ketones is 1. The van der Waals surface area contributed by atoms with Crippen LogP contribution in [-0.2, 0) is 6.54 Å². The summed E-state index contributed by atoms with van der Waals surface area (Å²) in [4.78, 5) is 16.3. The van der Waals surface area contributed by atoms with Crippen LogP contribution < -0.4 is 0 Å². The predicted octanol–water partition coefficient (Wildman–Crippen LogP) is 3.64. The molecule has 0 saturated carbocycles. The maximum Gasteiger partial charge on any atom is 0.192 e. The predicted molar refractivity (Wildman–Crippen MR) is 94.9 cm³/mol. The van der Waals surface area contributed by atoms with E-state index in [1.54, 1.807) is 18.5 Å². The lowest BCUT2D eigenvalue weighted by Gasteiger charge is -2.07. The van der Waals surface area contributed by atoms with Gasteiger partial charge in [-0.2, -0.15) is 0 Å². The molecule has 126 valence electrons. The zero-order valence-corrected chi connectivity index (χ0v) is 14.1. The van der Waals surface area contributed by atoms with Gasteiger partial charge < -0.3 is 0 Å². The number of aromatic nitrogens is 4. The van der Waals surface area contributed by atoms with Crippen molar-refractivity contribution in [3.05, 3.63) is 72.8 Å². The summed E-state index contributed by atoms with van der Waals surface area (Å²) in [5.41, 5.74) is 1.31. The summed E-state index contributed by atoms with van der Waals surface area (Å²) in [5, 5.41) is 9.01. The molecule has 25 heavy (non-hydrogen) atoms. The third-order valence-corrected chi connectivity index (χ3v) is 4.41. The van der Waals surface area contributed by atoms with Crippen LogP contribution in [0, 0.1) is 5.82 Å². The highest BCUT2D eigenvalue weighted by Gasteiger charge is 2.15. The van der Waals surface area contributed by atoms with E-state index < -0.39 is 0 Å². The van der Waals surface area contributed by atoms with Crippen LogP contribution in [0.25, 0.3) is 11.4 Å². The molecule has 0 aliphatic rings. The van der Waals surface area contributed by atoms with E-state index in [9.17, 15) is 9.18 Å². The van der Waals surface area contributed by atoms with Gasteiger partial charge in [0.05, 0.1) is 5.75 Å². The summed E-state index contributed by atoms with van der Waals surface area (Å²) >= 11 is 1.29. The van der Waals surface area contributed by atoms with Crippen molar-refractivity contribution in [2.75, 3.05) is 5.75 Å². The molecule has 0 spiro atoms. The maximum absolute atomic E-state index is 12.9. The molecule has 0 radical (unpaired) electrons. The van der Waals surface area contributed by atoms with Gasteiger partial charge in [-0.1, -0.05) is 17.8 Å². The minimum Gasteiger partial charge on any atom is -0.298 e. The highest BCUT2D eigenvalue weighted by Crippen LogP contribution is 2.24. The van der Waals surface area contributed by atoms with E-state index in [0.717, 1.165) is 5.56 Å². The molecule has 0 aliphatic heterocycles. The molecule has 2 heterocycles. The second-order valence-electron chi connectivity index (χ2n) is 5.17. The van der Waals surface area contributed by atoms with Crippen LogP contribution in [-0.4, -0.2) is 31.3 Å². The first-order chi connectivity index (χ1) is 12.2. The molecule has 0 saturated heterocycles. The van der Waals surface area contributed by atoms with E-state index >= 15 is 0 Å². The van der Waals surface area contributed by atoms with E-state index in [-0.39, 0.29) is 17.4 Å². The van der Waals surface area contributed by atoms with Gasteiger partial charge in [-0.15, -0.1) is 16.8 Å². The number of rotatable bonds is 7. The lowest BCUT2D eigenvalue weighted by atomic mass is 10.1. The van der Waals surface area contributed by atoms with Gasteiger partial charge in [0, 0.05) is 30.1 Å². The van der Waals surface area contributed by atoms with Crippen LogP contribution in [0.15, 0.2) is 66.6 Å². The number of Topliss-reactive ketones (excluding diaryl/α,β-unsaturated/α-hetero) is 1. The standard InChI is InChI=1S/C18H15FN4OS/c1-2-10-23-17(14-4-3-9-20-11-14)21-22-18(23)25-12-16(24)13-5-7-15(19)8-6-13/h2-9,11H,1,10,12H2. The minimum absolute atomic E-state index is 0.0962. The molecule has 0 N–H and O–H groups in total. The number of allylic oxidation sites excluding steroid dienone is 1. The van der Waals surface area contributed by atoms with E-state index in [2.05, 4.69) is 21.8 Å². The molecular weight excluding hydrogens is 339 g/mol. The second kappa shape index (κ2) is 7.85. The number of nitrogens with zero attached hydrogens (tertiary/aromatic N) is 4. The van der Waals surface area contributed by atoms with Gasteiger partial charge >= 0.3 is 0 Å². The monoisotopic (exact) mass is 354 g/mol. The highest BCUT2D eigenvalue weighted by atomic mass is 32.2. The van der Waals surface area contributed by atoms with Crippen molar-refractivity contribution in [1.29, 1.82) is 0 Å². The van der Waals surface area contributed by atoms with E-state index in [4.69, 9.17) is 0 Å². The summed E-state index contributed by atoms with van der Waals surface area (Å²) in [6.45, 7) is 4.28. The number of carbonyl (C=O) groups excluding carboxylic acids is 1. The number of carbonyl (C=O) groups is 1. The molecule has 5 nitrogen and oxygen atoms in total. The first kappa shape index (κ1) is 17.0. The Morgan fingerprint density at radius 3 is 2.72 bits per heavy atom. The summed E-state index contributed by atoms with van der Waals surface area (Å²) in [6.07, 6.45) is 5.14. The lowest BCUT2D eigenvalue weighted by molar-refractivity contribution is 0.102. The fourth-order valence-electron chi connectivity index (χ4n) is 2.25. The largest absolute Gasteiger partial charge is 0.298 e. The topological polar surface area (TPSA) is 60.7 Å². The smallest absolute Gasteiger partial charge is 0.192 e. The van der Waals surface area contributed by atoms with Crippen LogP contribution in [0.5, 0.6) is 0 Å². The number of thioether (sulfide) groups is 1. The van der Waals surface area contributed by atoms with Gasteiger partial charge in [0.15, 0.2) is 16.8 Å². The quantitative estimate of drug-likeness (QED) is 0.368. The molecular formula is C18H15FN4OS. The van der Waals surface area contributed by atoms with E-state index in [1.165, 1.54) is 36.0 Å². The Labute approximate surface area is 148 Å². The fourth-order valence-corrected chi connectivity index (χ4v) is 3.09. The Hall–Kier alpha value is -2.80. The van der Waals surface area contributed by atoms with E-state index in [0.29, 0.717) is 23.1 Å². The zero-order valence-electron chi connectivity index (χ0n) is 13.3. The summed E-state index contributed by atoms with van der Waals surface area (Å²) in [6, 6.07) is 9.24. The van der Waals surface area contributed by atoms with Crippen molar-refractivity contribution in [2.45, 2.75) is 11.7 Å². The van der Waals surface area contributed by atoms with Crippen molar-refractivity contribution in [3.63, 3.8) is 0 Å². The summed E-state index contributed by atoms with van der Waals surface area (Å²) < 4.78 is 14.8. The average molecular weight is 354 g/mol. The van der Waals surface area contributed by atoms with Gasteiger partial charge in [0.25, 0.3) is 0 Å². The molecule has 1 aromatic carbocycles. The van der Waals surface area contributed by atoms with Gasteiger partial charge in [-0.05, 0) is 36.4 Å². The van der Waals surface area contributed by atoms with Gasteiger partial charge in [-0.3, -0.25) is 14.3 Å². The highest BCUT2D eigenvalue weighted by molar-refractivity contribution is 7.99. The SMILES string of the molecule is C=CCn1c(SCC(=O)c2ccc(F)cc2)nnc1-c1cccnc1. The Morgan fingerprint density at radius 1 is 1.24 bits per heavy atom. The summed E-state index contributed by atoms with van der Waals surface area (Å²) in [7, 11) is 0. The number of benzene rings is 1. The van der Waals surface area contributed by atoms with Gasteiger partial charge in [-0.25, -0.2) is 4.39 Å². The van der Waals surface area contributed by atoms with Crippen molar-refractivity contribution in [1.82, 2.24) is 19.7 Å². The fraction of sp³-hybridized carbons (Fsp3) is 0.111. The molecule has 3 aromatic rings. The average Bonchev–Trinajstić information content (AvgIpc) is 3.04. The third kappa shape index (κ3) is 4.00. The van der Waals surface area contributed by atoms with Crippen molar-refractivity contribution >= 4 is 17.5 Å². The maximum atomic E-state index is 12.9. The van der Waals surface area contributed by atoms with Crippen LogP contribution in [0.1, 0.15) is 10.4 Å². The van der Waals surface area contributed by atoms with Crippen molar-refractivity contribution in [3.8, 4) is 11.4 Å². The Balaban J connectivity index is 1.78. The number of hydrogen-bond acceptors (Lipinski definition) is 5. The molecule has 0 fully saturated rings. The number of hydrogen-bond donors (Lipinski definition) is 0. The molecule has 0 bridgehead atoms. The summed E-state index contributed by atoms with van der Waals surface area (Å²) in [5.74, 6) is 0.398. The van der Waals surface area contributed by atoms with Crippen LogP contribution >= 0.6 is 11.8 Å². The van der Waals surface area contributed by atoms with Crippen molar-refractivity contribution < 1.29 is 9.18 Å². The normalized spacial score (nSPS) is 10.6. The molecule has 3 rings (SSSR count). The Morgan fingerprint density at radius 2 is 2.04 bits per heavy atom. The second-order valence-corrected chi connectivity index (χ2v) is 6.11. The number of halogens is 1. The molecule has 7 heteroatoms. The minimum atomic E-state index is -0.365. The van der Waals surface area contributed by atoms with Crippen molar-refractivity contribution in [2.24, 2.45) is 0 Å². The Kier molecular flexibility index (Phi) is 5.35. The lowest BCUT2D eigenvalue weighted by Crippen LogP contribution is -2.05. The van der Waals surface area contributed by atoms with Crippen LogP contribution in [0.2, 0.25) is 0 Å². The zero-order chi connectivity index (χ0) is 17.6. The molecule has 0 atom stereocenters. The molecule has 0 unspecified atom stereocenters. The first-order valence-electron chi connectivity index (χ1n) is 7.55. The number of pyridine rings is 1. The molecule has 2 aromatic heterocycles. The first-order valence-corrected chi connectivity index (χ1v) is 8.53. The molecule has 0 amide bonds. The Bertz CT molecular complexity index is 878. The van der Waals surface area contributed by atoms with Crippen LogP contribution in [0.3, 0.4) is 0 Å². The van der Waals surface area contributed by atoms with Gasteiger partial charge in [0.1, 0.15) is 5.82 Å². The van der Waals surface area contributed by atoms with E-state index in [1.807, 2.05) is 16.7 Å². The third-order valence-electron chi connectivity index (χ3n) is 3.45. The molecule has 0 aliphatic carbocycles. The van der Waals surface area contributed by atoms with Crippen LogP contribution in [0.4, 0.5) is 4.39 Å². The van der Waals surface area contributed by atoms with Gasteiger partial charge in [0.2, 0.25) is 0 Å².